The third-order valence-corrected chi connectivity index (χ3v) is 8.45. The Labute approximate surface area is 318 Å². The maximum Gasteiger partial charge on any atom is 0.408 e. The van der Waals surface area contributed by atoms with E-state index in [1.54, 1.807) is 92.6 Å². The Morgan fingerprint density at radius 1 is 0.778 bits per heavy atom. The number of carboxylic acids is 1. The SMILES string of the molecule is C/C=C(\NC(=O)[C@H](Cc1ccccc1)NC(=O)[C@H](NC(=O)[C@H](NC(=O)[C@H](NC(=O)OC(C)(C)C)[C@@H](C)OC(=O)[C@@H](N)C(C)C)[C@@H](C)CC)C(C)C)C(=O)O. The summed E-state index contributed by atoms with van der Waals surface area (Å²) in [5.41, 5.74) is 5.32. The van der Waals surface area contributed by atoms with Gasteiger partial charge >= 0.3 is 18.0 Å². The highest BCUT2D eigenvalue weighted by Gasteiger charge is 2.38. The summed E-state index contributed by atoms with van der Waals surface area (Å²) in [6.45, 7) is 18.0. The molecular formula is C38H60N6O10. The highest BCUT2D eigenvalue weighted by atomic mass is 16.6. The van der Waals surface area contributed by atoms with Crippen LogP contribution < -0.4 is 32.3 Å². The molecule has 1 rings (SSSR count). The summed E-state index contributed by atoms with van der Waals surface area (Å²) in [4.78, 5) is 92.0. The quantitative estimate of drug-likeness (QED) is 0.0797. The molecule has 16 nitrogen and oxygen atoms in total. The van der Waals surface area contributed by atoms with Gasteiger partial charge in [0.25, 0.3) is 0 Å². The Bertz CT molecular complexity index is 1490. The number of rotatable bonds is 19. The van der Waals surface area contributed by atoms with Gasteiger partial charge in [-0.3, -0.25) is 24.0 Å². The smallest absolute Gasteiger partial charge is 0.408 e. The number of carboxylic acid groups (broad SMARTS) is 1. The van der Waals surface area contributed by atoms with Crippen LogP contribution in [0, 0.1) is 17.8 Å². The van der Waals surface area contributed by atoms with Crippen molar-refractivity contribution in [2.45, 2.75) is 131 Å². The summed E-state index contributed by atoms with van der Waals surface area (Å²) in [5, 5.41) is 22.2. The zero-order valence-electron chi connectivity index (χ0n) is 33.3. The first-order valence-corrected chi connectivity index (χ1v) is 18.1. The molecule has 0 saturated carbocycles. The van der Waals surface area contributed by atoms with Gasteiger partial charge in [-0.2, -0.15) is 0 Å². The van der Waals surface area contributed by atoms with Gasteiger partial charge in [-0.1, -0.05) is 84.4 Å². The van der Waals surface area contributed by atoms with E-state index in [0.29, 0.717) is 12.0 Å². The topological polar surface area (TPSA) is 244 Å². The van der Waals surface area contributed by atoms with E-state index in [0.717, 1.165) is 0 Å². The molecule has 0 aliphatic heterocycles. The molecule has 8 N–H and O–H groups in total. The molecule has 54 heavy (non-hydrogen) atoms. The molecule has 0 fully saturated rings. The fourth-order valence-electron chi connectivity index (χ4n) is 4.95. The summed E-state index contributed by atoms with van der Waals surface area (Å²) in [6.07, 6.45) is -0.595. The van der Waals surface area contributed by atoms with Crippen molar-refractivity contribution in [3.63, 3.8) is 0 Å². The lowest BCUT2D eigenvalue weighted by Gasteiger charge is -2.31. The van der Waals surface area contributed by atoms with Gasteiger partial charge in [0, 0.05) is 6.42 Å². The molecule has 0 heterocycles. The van der Waals surface area contributed by atoms with Crippen molar-refractivity contribution < 1.29 is 48.1 Å². The molecule has 302 valence electrons. The van der Waals surface area contributed by atoms with Crippen molar-refractivity contribution in [2.75, 3.05) is 0 Å². The minimum atomic E-state index is -1.52. The number of carbonyl (C=O) groups is 7. The number of hydrogen-bond donors (Lipinski definition) is 7. The lowest BCUT2D eigenvalue weighted by molar-refractivity contribution is -0.154. The van der Waals surface area contributed by atoms with Crippen LogP contribution in [0.2, 0.25) is 0 Å². The zero-order valence-corrected chi connectivity index (χ0v) is 33.3. The van der Waals surface area contributed by atoms with Gasteiger partial charge in [0.2, 0.25) is 23.6 Å². The Hall–Kier alpha value is -4.99. The van der Waals surface area contributed by atoms with Crippen LogP contribution in [0.4, 0.5) is 4.79 Å². The number of nitrogens with one attached hydrogen (secondary N) is 5. The molecule has 0 saturated heterocycles. The number of esters is 1. The first kappa shape index (κ1) is 47.0. The number of aliphatic carboxylic acids is 1. The minimum Gasteiger partial charge on any atom is -0.477 e. The molecule has 7 atom stereocenters. The van der Waals surface area contributed by atoms with Gasteiger partial charge in [-0.15, -0.1) is 0 Å². The highest BCUT2D eigenvalue weighted by molar-refractivity contribution is 5.98. The minimum absolute atomic E-state index is 0.0101. The molecule has 0 aliphatic rings. The first-order valence-electron chi connectivity index (χ1n) is 18.1. The summed E-state index contributed by atoms with van der Waals surface area (Å²) >= 11 is 0. The lowest BCUT2D eigenvalue weighted by Crippen LogP contribution is -2.62. The molecule has 0 radical (unpaired) electrons. The Balaban J connectivity index is 3.40. The molecule has 0 unspecified atom stereocenters. The number of carbonyl (C=O) groups excluding carboxylic acids is 6. The van der Waals surface area contributed by atoms with Crippen LogP contribution in [-0.2, 0) is 44.7 Å². The third kappa shape index (κ3) is 15.5. The van der Waals surface area contributed by atoms with Crippen molar-refractivity contribution in [1.29, 1.82) is 0 Å². The number of benzene rings is 1. The largest absolute Gasteiger partial charge is 0.477 e. The fraction of sp³-hybridized carbons (Fsp3) is 0.605. The van der Waals surface area contributed by atoms with Crippen molar-refractivity contribution in [3.05, 3.63) is 47.7 Å². The van der Waals surface area contributed by atoms with E-state index < -0.39 is 95.4 Å². The van der Waals surface area contributed by atoms with Gasteiger partial charge in [0.1, 0.15) is 47.6 Å². The molecule has 0 spiro atoms. The van der Waals surface area contributed by atoms with Crippen LogP contribution in [0.5, 0.6) is 0 Å². The van der Waals surface area contributed by atoms with Gasteiger partial charge in [0.15, 0.2) is 0 Å². The average molecular weight is 761 g/mol. The molecule has 1 aromatic carbocycles. The van der Waals surface area contributed by atoms with Gasteiger partial charge in [-0.25, -0.2) is 9.59 Å². The highest BCUT2D eigenvalue weighted by Crippen LogP contribution is 2.14. The van der Waals surface area contributed by atoms with Crippen LogP contribution >= 0.6 is 0 Å². The number of ether oxygens (including phenoxy) is 2. The van der Waals surface area contributed by atoms with Crippen LogP contribution in [0.25, 0.3) is 0 Å². The second kappa shape index (κ2) is 21.6. The molecule has 0 aromatic heterocycles. The fourth-order valence-corrected chi connectivity index (χ4v) is 4.95. The zero-order chi connectivity index (χ0) is 41.5. The van der Waals surface area contributed by atoms with Gasteiger partial charge < -0.3 is 46.9 Å². The second-order valence-electron chi connectivity index (χ2n) is 14.9. The number of amides is 5. The summed E-state index contributed by atoms with van der Waals surface area (Å²) in [6, 6.07) is 2.57. The first-order chi connectivity index (χ1) is 25.0. The second-order valence-corrected chi connectivity index (χ2v) is 14.9. The maximum atomic E-state index is 13.9. The molecule has 0 aliphatic carbocycles. The van der Waals surface area contributed by atoms with E-state index in [2.05, 4.69) is 26.6 Å². The van der Waals surface area contributed by atoms with Crippen LogP contribution in [0.15, 0.2) is 42.1 Å². The van der Waals surface area contributed by atoms with E-state index in [1.165, 1.54) is 19.9 Å². The van der Waals surface area contributed by atoms with Gasteiger partial charge in [-0.05, 0) is 57.9 Å². The Morgan fingerprint density at radius 3 is 1.80 bits per heavy atom. The van der Waals surface area contributed by atoms with E-state index in [1.807, 2.05) is 0 Å². The summed E-state index contributed by atoms with van der Waals surface area (Å²) in [5.74, 6) is -6.57. The average Bonchev–Trinajstić information content (AvgIpc) is 3.08. The van der Waals surface area contributed by atoms with E-state index in [9.17, 15) is 38.7 Å². The molecular weight excluding hydrogens is 700 g/mol. The molecule has 16 heteroatoms. The van der Waals surface area contributed by atoms with Crippen molar-refractivity contribution in [3.8, 4) is 0 Å². The third-order valence-electron chi connectivity index (χ3n) is 8.45. The Morgan fingerprint density at radius 2 is 1.31 bits per heavy atom. The molecule has 5 amide bonds. The summed E-state index contributed by atoms with van der Waals surface area (Å²) in [7, 11) is 0. The standard InChI is InChI=1S/C38H60N6O10/c1-12-22(7)29(43-34(48)30(44-37(52)54-38(9,10)11)23(8)53-36(51)27(39)20(3)4)33(47)42-28(21(5)6)32(46)41-26(19-24-17-15-14-16-18-24)31(45)40-25(13-2)35(49)50/h13-18,20-23,26-30H,12,19,39H2,1-11H3,(H,40,45)(H,41,46)(H,42,47)(H,43,48)(H,44,52)(H,49,50)/b25-13-/t22-,23+,26-,27-,28+,29+,30+/m0/s1. The van der Waals surface area contributed by atoms with Crippen molar-refractivity contribution in [2.24, 2.45) is 23.5 Å². The predicted molar refractivity (Wildman–Crippen MR) is 201 cm³/mol. The van der Waals surface area contributed by atoms with Crippen LogP contribution in [-0.4, -0.2) is 88.7 Å². The van der Waals surface area contributed by atoms with Gasteiger partial charge in [0.05, 0.1) is 0 Å². The molecule has 1 aromatic rings. The van der Waals surface area contributed by atoms with E-state index in [4.69, 9.17) is 15.2 Å². The van der Waals surface area contributed by atoms with E-state index >= 15 is 0 Å². The van der Waals surface area contributed by atoms with E-state index in [-0.39, 0.29) is 18.0 Å². The maximum absolute atomic E-state index is 13.9. The van der Waals surface area contributed by atoms with Crippen molar-refractivity contribution >= 4 is 41.7 Å². The number of alkyl carbamates (subject to hydrolysis) is 1. The monoisotopic (exact) mass is 760 g/mol. The van der Waals surface area contributed by atoms with Crippen molar-refractivity contribution in [1.82, 2.24) is 26.6 Å². The lowest BCUT2D eigenvalue weighted by atomic mass is 9.95. The predicted octanol–water partition coefficient (Wildman–Crippen LogP) is 2.30. The summed E-state index contributed by atoms with van der Waals surface area (Å²) < 4.78 is 10.8. The van der Waals surface area contributed by atoms with Crippen LogP contribution in [0.3, 0.4) is 0 Å². The number of allylic oxidation sites excluding steroid dienone is 1. The van der Waals surface area contributed by atoms with Crippen LogP contribution in [0.1, 0.15) is 88.1 Å². The molecule has 0 bridgehead atoms. The number of hydrogen-bond acceptors (Lipinski definition) is 10. The normalized spacial score (nSPS) is 15.7. The Kier molecular flexibility index (Phi) is 18.9. The number of nitrogens with two attached hydrogens (primary N) is 1.